The molecule has 5 amide bonds. The van der Waals surface area contributed by atoms with Gasteiger partial charge in [0.1, 0.15) is 40.7 Å². The van der Waals surface area contributed by atoms with Crippen LogP contribution in [0.2, 0.25) is 5.02 Å². The van der Waals surface area contributed by atoms with Crippen LogP contribution in [-0.4, -0.2) is 149 Å². The van der Waals surface area contributed by atoms with Gasteiger partial charge in [-0.2, -0.15) is 0 Å². The van der Waals surface area contributed by atoms with Crippen molar-refractivity contribution in [3.05, 3.63) is 46.5 Å². The number of aliphatic hydroxyl groups is 1. The Hall–Kier alpha value is -4.69. The number of rotatable bonds is 12. The maximum atomic E-state index is 14.3. The van der Waals surface area contributed by atoms with Gasteiger partial charge in [0.05, 0.1) is 36.5 Å². The van der Waals surface area contributed by atoms with E-state index in [0.29, 0.717) is 43.5 Å². The molecule has 20 heteroatoms. The number of carbonyl (C=O) groups excluding carboxylic acids is 6. The molecule has 18 nitrogen and oxygen atoms in total. The second-order valence-electron chi connectivity index (χ2n) is 18.6. The number of nitrogens with zero attached hydrogens (tertiary/aromatic N) is 3. The normalized spacial score (nSPS) is 33.1. The SMILES string of the molecule is COc1cc2cc(c1Cl)N(C)C(=O)C[C@H](OC(=O)[C@H](C)N(C)C(=O)CCSC1CC(=O)N(CC3CCC(C(=O)O)CC3)C1=O)[C@]1(C)O[C@H]1[C@H](C)[C@@H]1C[C@@](O)(NC(=O)O1)[C@H](OC)/C=C\C=C(\C)C2. The van der Waals surface area contributed by atoms with Crippen molar-refractivity contribution in [2.24, 2.45) is 17.8 Å². The van der Waals surface area contributed by atoms with Gasteiger partial charge in [0.25, 0.3) is 0 Å². The van der Waals surface area contributed by atoms with E-state index in [0.717, 1.165) is 11.1 Å². The molecule has 1 saturated carbocycles. The second kappa shape index (κ2) is 21.3. The smallest absolute Gasteiger partial charge is 0.409 e. The zero-order valence-electron chi connectivity index (χ0n) is 39.3. The van der Waals surface area contributed by atoms with Gasteiger partial charge in [-0.15, -0.1) is 11.8 Å². The average molecular weight is 976 g/mol. The first kappa shape index (κ1) is 51.7. The van der Waals surface area contributed by atoms with Crippen molar-refractivity contribution in [3.63, 3.8) is 0 Å². The number of benzene rings is 1. The number of aliphatic carboxylic acids is 1. The van der Waals surface area contributed by atoms with E-state index in [-0.39, 0.29) is 60.7 Å². The van der Waals surface area contributed by atoms with E-state index in [4.69, 9.17) is 35.3 Å². The van der Waals surface area contributed by atoms with E-state index < -0.39 is 88.7 Å². The number of carbonyl (C=O) groups is 7. The lowest BCUT2D eigenvalue weighted by Gasteiger charge is -2.42. The Balaban J connectivity index is 1.16. The maximum Gasteiger partial charge on any atom is 0.409 e. The highest BCUT2D eigenvalue weighted by Gasteiger charge is 2.64. The summed E-state index contributed by atoms with van der Waals surface area (Å²) in [5, 5.41) is 23.2. The molecule has 368 valence electrons. The molecule has 4 fully saturated rings. The first-order chi connectivity index (χ1) is 31.6. The Labute approximate surface area is 400 Å². The Morgan fingerprint density at radius 1 is 1.09 bits per heavy atom. The topological polar surface area (TPSA) is 231 Å². The summed E-state index contributed by atoms with van der Waals surface area (Å²) in [4.78, 5) is 96.2. The number of nitrogens with one attached hydrogen (secondary N) is 1. The largest absolute Gasteiger partial charge is 0.495 e. The summed E-state index contributed by atoms with van der Waals surface area (Å²) in [7, 11) is 5.87. The van der Waals surface area contributed by atoms with Crippen molar-refractivity contribution < 1.29 is 67.5 Å². The fourth-order valence-electron chi connectivity index (χ4n) is 9.51. The van der Waals surface area contributed by atoms with Crippen LogP contribution in [-0.2, 0) is 54.1 Å². The Morgan fingerprint density at radius 3 is 2.45 bits per heavy atom. The molecule has 3 saturated heterocycles. The number of epoxide rings is 1. The number of fused-ring (bicyclic) bond motifs is 5. The fourth-order valence-corrected chi connectivity index (χ4v) is 10.9. The summed E-state index contributed by atoms with van der Waals surface area (Å²) < 4.78 is 29.4. The summed E-state index contributed by atoms with van der Waals surface area (Å²) in [6.45, 7) is 7.10. The molecule has 1 aromatic carbocycles. The number of allylic oxidation sites excluding steroid dienone is 3. The molecule has 4 heterocycles. The number of carboxylic acids is 1. The number of imide groups is 1. The predicted octanol–water partition coefficient (Wildman–Crippen LogP) is 4.66. The monoisotopic (exact) mass is 974 g/mol. The lowest BCUT2D eigenvalue weighted by atomic mass is 9.82. The standard InChI is InChI=1S/C47H63ClN4O14S/c1-25-10-9-11-35(63-8)47(61)23-33(64-45(60)49-47)26(2)41-46(4,66-41)36(22-38(54)51(6)31-19-29(18-25)20-32(62-7)40(31)48)65-44(59)27(3)50(5)37(53)16-17-67-34-21-39(55)52(42(34)56)24-28-12-14-30(15-13-28)43(57)58/h9-11,19-20,26-28,30,33-36,41,61H,12-18,21-24H2,1-8H3,(H,49,60)(H,57,58)/b11-9-,25-10-/t26-,27+,28?,30?,33+,34?,35-,36+,41+,46+,47+/m1/s1. The lowest BCUT2D eigenvalue weighted by Crippen LogP contribution is -2.63. The van der Waals surface area contributed by atoms with Gasteiger partial charge in [-0.05, 0) is 76.5 Å². The van der Waals surface area contributed by atoms with Crippen LogP contribution in [0.5, 0.6) is 5.75 Å². The molecule has 1 aromatic rings. The number of thioether (sulfide) groups is 1. The second-order valence-corrected chi connectivity index (χ2v) is 20.3. The van der Waals surface area contributed by atoms with Gasteiger partial charge in [-0.25, -0.2) is 9.59 Å². The predicted molar refractivity (Wildman–Crippen MR) is 246 cm³/mol. The van der Waals surface area contributed by atoms with Gasteiger partial charge in [0.15, 0.2) is 5.72 Å². The average Bonchev–Trinajstić information content (AvgIpc) is 3.91. The summed E-state index contributed by atoms with van der Waals surface area (Å²) >= 11 is 8.00. The summed E-state index contributed by atoms with van der Waals surface area (Å²) in [5.41, 5.74) is -1.16. The Kier molecular flexibility index (Phi) is 16.4. The molecule has 9 atom stereocenters. The first-order valence-corrected chi connectivity index (χ1v) is 24.1. The van der Waals surface area contributed by atoms with E-state index in [1.54, 1.807) is 45.2 Å². The summed E-state index contributed by atoms with van der Waals surface area (Å²) in [5.74, 6) is -3.58. The molecule has 0 radical (unpaired) electrons. The number of ether oxygens (including phenoxy) is 5. The van der Waals surface area contributed by atoms with Gasteiger partial charge < -0.3 is 43.7 Å². The van der Waals surface area contributed by atoms with Crippen LogP contribution in [0.3, 0.4) is 0 Å². The number of anilines is 1. The van der Waals surface area contributed by atoms with Crippen LogP contribution < -0.4 is 15.0 Å². The van der Waals surface area contributed by atoms with E-state index in [2.05, 4.69) is 5.32 Å². The van der Waals surface area contributed by atoms with Crippen molar-refractivity contribution in [1.82, 2.24) is 15.1 Å². The third-order valence-corrected chi connectivity index (χ3v) is 15.6. The minimum absolute atomic E-state index is 0.00460. The van der Waals surface area contributed by atoms with Crippen molar-refractivity contribution in [1.29, 1.82) is 0 Å². The highest BCUT2D eigenvalue weighted by molar-refractivity contribution is 8.00. The van der Waals surface area contributed by atoms with E-state index in [1.165, 1.54) is 54.7 Å². The van der Waals surface area contributed by atoms with Crippen LogP contribution in [0.1, 0.15) is 84.6 Å². The van der Waals surface area contributed by atoms with Gasteiger partial charge >= 0.3 is 18.0 Å². The highest BCUT2D eigenvalue weighted by Crippen LogP contribution is 2.49. The number of hydrogen-bond donors (Lipinski definition) is 3. The van der Waals surface area contributed by atoms with Gasteiger partial charge in [-0.1, -0.05) is 42.3 Å². The molecular weight excluding hydrogens is 912 g/mol. The zero-order chi connectivity index (χ0) is 49.1. The molecular formula is C47H63ClN4O14S. The number of likely N-dealkylation sites (N-methyl/N-ethyl adjacent to an activating group) is 1. The number of hydrogen-bond acceptors (Lipinski definition) is 14. The maximum absolute atomic E-state index is 14.3. The van der Waals surface area contributed by atoms with E-state index >= 15 is 0 Å². The quantitative estimate of drug-likeness (QED) is 0.147. The number of amides is 5. The molecule has 67 heavy (non-hydrogen) atoms. The van der Waals surface area contributed by atoms with Gasteiger partial charge in [0.2, 0.25) is 23.6 Å². The minimum atomic E-state index is -1.88. The number of alkyl carbamates (subject to hydrolysis) is 1. The zero-order valence-corrected chi connectivity index (χ0v) is 40.9. The van der Waals surface area contributed by atoms with Gasteiger partial charge in [0, 0.05) is 58.7 Å². The number of esters is 1. The minimum Gasteiger partial charge on any atom is -0.495 e. The number of halogens is 1. The molecule has 0 spiro atoms. The summed E-state index contributed by atoms with van der Waals surface area (Å²) in [6, 6.07) is 2.40. The van der Waals surface area contributed by atoms with Crippen molar-refractivity contribution in [3.8, 4) is 5.75 Å². The first-order valence-electron chi connectivity index (χ1n) is 22.6. The third-order valence-electron chi connectivity index (χ3n) is 14.0. The van der Waals surface area contributed by atoms with Gasteiger partial charge in [-0.3, -0.25) is 34.2 Å². The molecule has 5 aliphatic rings. The highest BCUT2D eigenvalue weighted by atomic mass is 35.5. The molecule has 3 N–H and O–H groups in total. The molecule has 1 unspecified atom stereocenters. The summed E-state index contributed by atoms with van der Waals surface area (Å²) in [6.07, 6.45) is 2.63. The van der Waals surface area contributed by atoms with Crippen LogP contribution in [0, 0.1) is 17.8 Å². The number of likely N-dealkylation sites (tertiary alicyclic amines) is 1. The van der Waals surface area contributed by atoms with E-state index in [9.17, 15) is 43.8 Å². The molecule has 0 aromatic heterocycles. The van der Waals surface area contributed by atoms with Crippen molar-refractivity contribution >= 4 is 70.7 Å². The van der Waals surface area contributed by atoms with E-state index in [1.807, 2.05) is 13.0 Å². The fraction of sp³-hybridized carbons (Fsp3) is 0.638. The molecule has 1 aliphatic carbocycles. The third kappa shape index (κ3) is 11.6. The number of carboxylic acid groups (broad SMARTS) is 1. The van der Waals surface area contributed by atoms with Crippen LogP contribution in [0.25, 0.3) is 0 Å². The molecule has 6 rings (SSSR count). The van der Waals surface area contributed by atoms with Crippen LogP contribution >= 0.6 is 23.4 Å². The Bertz CT molecular complexity index is 2170. The Morgan fingerprint density at radius 2 is 1.79 bits per heavy atom. The van der Waals surface area contributed by atoms with Crippen molar-refractivity contribution in [2.75, 3.05) is 45.5 Å². The lowest BCUT2D eigenvalue weighted by molar-refractivity contribution is -0.162. The molecule has 4 aliphatic heterocycles. The molecule has 4 bridgehead atoms. The van der Waals surface area contributed by atoms with Crippen LogP contribution in [0.4, 0.5) is 10.5 Å². The van der Waals surface area contributed by atoms with Crippen molar-refractivity contribution in [2.45, 2.75) is 133 Å². The van der Waals surface area contributed by atoms with Crippen LogP contribution in [0.15, 0.2) is 35.9 Å². The number of methoxy groups -OCH3 is 2.